The minimum atomic E-state index is -0.898. The van der Waals surface area contributed by atoms with Gasteiger partial charge in [0.25, 0.3) is 5.78 Å². The average Bonchev–Trinajstić information content (AvgIpc) is 3.55. The predicted octanol–water partition coefficient (Wildman–Crippen LogP) is 6.51. The second-order valence-corrected chi connectivity index (χ2v) is 11.1. The molecule has 3 aromatic carbocycles. The monoisotopic (exact) mass is 528 g/mol. The van der Waals surface area contributed by atoms with Crippen molar-refractivity contribution in [2.75, 3.05) is 4.90 Å². The van der Waals surface area contributed by atoms with E-state index in [0.29, 0.717) is 33.7 Å². The van der Waals surface area contributed by atoms with Crippen molar-refractivity contribution in [3.05, 3.63) is 94.3 Å². The Bertz CT molecular complexity index is 1640. The molecule has 0 saturated carbocycles. The van der Waals surface area contributed by atoms with Crippen molar-refractivity contribution < 1.29 is 23.8 Å². The normalized spacial score (nSPS) is 20.4. The fourth-order valence-corrected chi connectivity index (χ4v) is 6.14. The highest BCUT2D eigenvalue weighted by molar-refractivity contribution is 7.22. The number of anilines is 1. The number of benzene rings is 3. The molecule has 2 aliphatic heterocycles. The number of amides is 1. The van der Waals surface area contributed by atoms with Crippen molar-refractivity contribution in [2.45, 2.75) is 45.3 Å². The molecule has 1 N–H and O–H groups in total. The number of ether oxygens (including phenoxy) is 1. The van der Waals surface area contributed by atoms with Gasteiger partial charge in [0.2, 0.25) is 0 Å². The van der Waals surface area contributed by atoms with E-state index in [1.807, 2.05) is 31.2 Å². The van der Waals surface area contributed by atoms with Gasteiger partial charge in [-0.2, -0.15) is 0 Å². The molecular formula is C30H25FN2O4S. The zero-order valence-electron chi connectivity index (χ0n) is 21.1. The number of halogens is 1. The van der Waals surface area contributed by atoms with Gasteiger partial charge in [-0.1, -0.05) is 49.4 Å². The smallest absolute Gasteiger partial charge is 0.301 e. The highest BCUT2D eigenvalue weighted by Gasteiger charge is 2.48. The van der Waals surface area contributed by atoms with Crippen LogP contribution in [0.4, 0.5) is 9.52 Å². The number of aliphatic hydroxyl groups excluding tert-OH is 1. The van der Waals surface area contributed by atoms with Gasteiger partial charge in [0.05, 0.1) is 21.8 Å². The maximum Gasteiger partial charge on any atom is 0.301 e. The lowest BCUT2D eigenvalue weighted by Gasteiger charge is -2.23. The molecule has 1 amide bonds. The summed E-state index contributed by atoms with van der Waals surface area (Å²) < 4.78 is 20.2. The van der Waals surface area contributed by atoms with E-state index in [2.05, 4.69) is 18.8 Å². The minimum absolute atomic E-state index is 0.00959. The zero-order chi connectivity index (χ0) is 26.7. The van der Waals surface area contributed by atoms with Crippen LogP contribution in [0.3, 0.4) is 0 Å². The molecule has 6 nitrogen and oxygen atoms in total. The minimum Gasteiger partial charge on any atom is -0.507 e. The Kier molecular flexibility index (Phi) is 5.79. The third-order valence-corrected chi connectivity index (χ3v) is 8.10. The molecule has 3 heterocycles. The van der Waals surface area contributed by atoms with Gasteiger partial charge in [0.1, 0.15) is 23.4 Å². The molecular weight excluding hydrogens is 503 g/mol. The Morgan fingerprint density at radius 1 is 1.11 bits per heavy atom. The van der Waals surface area contributed by atoms with Crippen LogP contribution < -0.4 is 9.64 Å². The number of fused-ring (bicyclic) bond motifs is 2. The van der Waals surface area contributed by atoms with Gasteiger partial charge >= 0.3 is 5.91 Å². The second-order valence-electron chi connectivity index (χ2n) is 10.1. The number of aromatic nitrogens is 1. The largest absolute Gasteiger partial charge is 0.507 e. The van der Waals surface area contributed by atoms with Crippen LogP contribution in [0, 0.1) is 5.82 Å². The molecule has 0 aliphatic carbocycles. The van der Waals surface area contributed by atoms with E-state index in [1.54, 1.807) is 24.3 Å². The predicted molar refractivity (Wildman–Crippen MR) is 145 cm³/mol. The molecule has 6 rings (SSSR count). The molecule has 0 spiro atoms. The Hall–Kier alpha value is -4.04. The van der Waals surface area contributed by atoms with E-state index in [9.17, 15) is 19.1 Å². The van der Waals surface area contributed by atoms with Crippen LogP contribution in [0.1, 0.15) is 55.0 Å². The number of Topliss-reactive ketones (excluding diaryl/α,β-unsaturated/α-hetero) is 1. The molecule has 192 valence electrons. The summed E-state index contributed by atoms with van der Waals surface area (Å²) >= 11 is 1.13. The van der Waals surface area contributed by atoms with Crippen molar-refractivity contribution in [3.8, 4) is 5.75 Å². The summed E-state index contributed by atoms with van der Waals surface area (Å²) in [5.74, 6) is -1.20. The van der Waals surface area contributed by atoms with Crippen molar-refractivity contribution in [1.29, 1.82) is 0 Å². The Balaban J connectivity index is 1.53. The van der Waals surface area contributed by atoms with Gasteiger partial charge in [-0.05, 0) is 65.9 Å². The summed E-state index contributed by atoms with van der Waals surface area (Å²) in [6, 6.07) is 16.2. The maximum atomic E-state index is 13.9. The fraction of sp³-hybridized carbons (Fsp3) is 0.233. The van der Waals surface area contributed by atoms with Gasteiger partial charge in [-0.3, -0.25) is 14.5 Å². The van der Waals surface area contributed by atoms with Crippen LogP contribution >= 0.6 is 11.3 Å². The number of hydrogen-bond acceptors (Lipinski definition) is 6. The number of nitrogens with zero attached hydrogens (tertiary/aromatic N) is 2. The van der Waals surface area contributed by atoms with Crippen LogP contribution in [0.25, 0.3) is 16.0 Å². The number of ketones is 1. The van der Waals surface area contributed by atoms with E-state index in [-0.39, 0.29) is 22.6 Å². The van der Waals surface area contributed by atoms with Crippen LogP contribution in [-0.4, -0.2) is 27.9 Å². The van der Waals surface area contributed by atoms with Gasteiger partial charge in [0.15, 0.2) is 5.13 Å². The number of carbonyl (C=O) groups is 2. The quantitative estimate of drug-likeness (QED) is 0.186. The van der Waals surface area contributed by atoms with Crippen LogP contribution in [0.2, 0.25) is 0 Å². The van der Waals surface area contributed by atoms with Crippen molar-refractivity contribution >= 4 is 44.1 Å². The second kappa shape index (κ2) is 9.06. The summed E-state index contributed by atoms with van der Waals surface area (Å²) in [6.45, 7) is 6.13. The first-order valence-electron chi connectivity index (χ1n) is 12.5. The molecule has 0 bridgehead atoms. The van der Waals surface area contributed by atoms with Gasteiger partial charge in [-0.15, -0.1) is 0 Å². The summed E-state index contributed by atoms with van der Waals surface area (Å²) in [4.78, 5) is 32.9. The topological polar surface area (TPSA) is 79.7 Å². The number of thiazole rings is 1. The molecule has 38 heavy (non-hydrogen) atoms. The van der Waals surface area contributed by atoms with E-state index in [4.69, 9.17) is 4.74 Å². The molecule has 1 fully saturated rings. The van der Waals surface area contributed by atoms with E-state index in [0.717, 1.165) is 28.2 Å². The lowest BCUT2D eigenvalue weighted by Crippen LogP contribution is -2.29. The highest BCUT2D eigenvalue weighted by atomic mass is 32.1. The van der Waals surface area contributed by atoms with Crippen molar-refractivity contribution in [1.82, 2.24) is 4.98 Å². The van der Waals surface area contributed by atoms with Crippen LogP contribution in [0.5, 0.6) is 5.75 Å². The molecule has 1 saturated heterocycles. The molecule has 1 aromatic heterocycles. The third-order valence-electron chi connectivity index (χ3n) is 7.08. The summed E-state index contributed by atoms with van der Waals surface area (Å²) in [6.07, 6.45) is 0.712. The molecule has 0 radical (unpaired) electrons. The molecule has 2 aliphatic rings. The molecule has 2 unspecified atom stereocenters. The number of carbonyl (C=O) groups excluding carboxylic acids is 2. The van der Waals surface area contributed by atoms with E-state index >= 15 is 0 Å². The number of aliphatic hydroxyl groups is 1. The molecule has 2 atom stereocenters. The van der Waals surface area contributed by atoms with Crippen molar-refractivity contribution in [2.24, 2.45) is 0 Å². The van der Waals surface area contributed by atoms with Gasteiger partial charge < -0.3 is 9.84 Å². The molecule has 8 heteroatoms. The Morgan fingerprint density at radius 2 is 1.87 bits per heavy atom. The first-order valence-corrected chi connectivity index (χ1v) is 13.3. The fourth-order valence-electron chi connectivity index (χ4n) is 5.12. The van der Waals surface area contributed by atoms with Crippen LogP contribution in [-0.2, 0) is 16.0 Å². The Labute approximate surface area is 223 Å². The molecule has 4 aromatic rings. The summed E-state index contributed by atoms with van der Waals surface area (Å²) in [5.41, 5.74) is 3.66. The van der Waals surface area contributed by atoms with Gasteiger partial charge in [0, 0.05) is 12.0 Å². The van der Waals surface area contributed by atoms with Crippen LogP contribution in [0.15, 0.2) is 66.2 Å². The first-order chi connectivity index (χ1) is 18.2. The first kappa shape index (κ1) is 24.3. The maximum absolute atomic E-state index is 13.9. The van der Waals surface area contributed by atoms with Crippen molar-refractivity contribution in [3.63, 3.8) is 0 Å². The zero-order valence-corrected chi connectivity index (χ0v) is 21.9. The third kappa shape index (κ3) is 3.96. The highest BCUT2D eigenvalue weighted by Crippen LogP contribution is 2.45. The summed E-state index contributed by atoms with van der Waals surface area (Å²) in [5, 5.41) is 11.8. The number of rotatable bonds is 4. The lowest BCUT2D eigenvalue weighted by molar-refractivity contribution is -0.132. The average molecular weight is 529 g/mol. The van der Waals surface area contributed by atoms with E-state index in [1.165, 1.54) is 17.0 Å². The number of hydrogen-bond donors (Lipinski definition) is 1. The van der Waals surface area contributed by atoms with E-state index < -0.39 is 23.5 Å². The Morgan fingerprint density at radius 3 is 2.61 bits per heavy atom. The standard InChI is InChI=1S/C30H25FN2O4S/c1-15(2)17-4-6-18(7-5-17)26-25(27(34)19-8-11-23-20(13-19)12-16(3)37-23)28(35)29(36)33(26)30-32-22-10-9-21(31)14-24(22)38-30/h4-11,13-16,26,34H,12H2,1-3H3/b27-25-. The van der Waals surface area contributed by atoms with Gasteiger partial charge in [-0.25, -0.2) is 9.37 Å². The lowest BCUT2D eigenvalue weighted by atomic mass is 9.93. The summed E-state index contributed by atoms with van der Waals surface area (Å²) in [7, 11) is 0. The SMILES string of the molecule is CC1Cc2cc(/C(O)=C3/C(=O)C(=O)N(c4nc5ccc(F)cc5s4)C3c3ccc(C(C)C)cc3)ccc2O1.